The molecular weight excluding hydrogens is 474 g/mol. The molecule has 0 atom stereocenters. The Hall–Kier alpha value is -2.95. The second kappa shape index (κ2) is 9.04. The summed E-state index contributed by atoms with van der Waals surface area (Å²) in [6.07, 6.45) is 7.10. The van der Waals surface area contributed by atoms with E-state index in [9.17, 15) is 4.79 Å². The van der Waals surface area contributed by atoms with Gasteiger partial charge in [-0.15, -0.1) is 17.8 Å². The lowest BCUT2D eigenvalue weighted by Crippen LogP contribution is -2.24. The van der Waals surface area contributed by atoms with Crippen LogP contribution in [0.25, 0.3) is 22.2 Å². The molecule has 0 saturated carbocycles. The maximum Gasteiger partial charge on any atom is 0.348 e. The maximum atomic E-state index is 13.0. The molecule has 2 heterocycles. The third-order valence-corrected chi connectivity index (χ3v) is 6.43. The Labute approximate surface area is 192 Å². The molecule has 0 radical (unpaired) electrons. The molecule has 2 aromatic carbocycles. The minimum Gasteiger partial charge on any atom is -0.481 e. The van der Waals surface area contributed by atoms with Gasteiger partial charge in [-0.1, -0.05) is 44.0 Å². The van der Waals surface area contributed by atoms with E-state index >= 15 is 0 Å². The van der Waals surface area contributed by atoms with E-state index in [-0.39, 0.29) is 12.3 Å². The summed E-state index contributed by atoms with van der Waals surface area (Å²) in [6.45, 7) is 4.86. The van der Waals surface area contributed by atoms with Crippen LogP contribution in [0.2, 0.25) is 0 Å². The molecule has 0 saturated heterocycles. The van der Waals surface area contributed by atoms with Gasteiger partial charge in [0.05, 0.1) is 17.8 Å². The smallest absolute Gasteiger partial charge is 0.348 e. The molecule has 5 nitrogen and oxygen atoms in total. The molecule has 0 aliphatic heterocycles. The van der Waals surface area contributed by atoms with Gasteiger partial charge in [0.15, 0.2) is 3.92 Å². The summed E-state index contributed by atoms with van der Waals surface area (Å²) in [4.78, 5) is 22.7. The first-order valence-electron chi connectivity index (χ1n) is 9.77. The molecule has 0 aliphatic rings. The van der Waals surface area contributed by atoms with Crippen LogP contribution in [0.3, 0.4) is 0 Å². The van der Waals surface area contributed by atoms with E-state index in [2.05, 4.69) is 57.8 Å². The number of terminal acetylenes is 1. The van der Waals surface area contributed by atoms with Crippen molar-refractivity contribution in [2.45, 2.75) is 26.3 Å². The predicted molar refractivity (Wildman–Crippen MR) is 129 cm³/mol. The highest BCUT2D eigenvalue weighted by atomic mass is 79.9. The minimum atomic E-state index is -0.308. The van der Waals surface area contributed by atoms with Gasteiger partial charge in [-0.25, -0.2) is 9.78 Å². The molecular formula is C24H20BrN3O2S. The van der Waals surface area contributed by atoms with Crippen molar-refractivity contribution in [2.24, 2.45) is 0 Å². The summed E-state index contributed by atoms with van der Waals surface area (Å²) < 4.78 is 8.07. The number of thiazole rings is 1. The number of halogens is 1. The molecule has 4 aromatic rings. The van der Waals surface area contributed by atoms with Crippen LogP contribution in [0, 0.1) is 12.3 Å². The Morgan fingerprint density at radius 1 is 1.23 bits per heavy atom. The standard InChI is InChI=1S/C24H20BrN3O2S/c1-4-11-30-18-9-10-21-20(12-18)22(17-7-5-16(6-8-17)15(2)3)27-24(29)28(21)14-19-13-26-23(25)31-19/h1,5-10,12-13,15H,11,14H2,2-3H3. The van der Waals surface area contributed by atoms with Crippen LogP contribution in [0.15, 0.2) is 57.4 Å². The van der Waals surface area contributed by atoms with Gasteiger partial charge < -0.3 is 4.74 Å². The highest BCUT2D eigenvalue weighted by Crippen LogP contribution is 2.30. The second-order valence-electron chi connectivity index (χ2n) is 7.36. The van der Waals surface area contributed by atoms with Crippen molar-refractivity contribution < 1.29 is 4.74 Å². The van der Waals surface area contributed by atoms with E-state index < -0.39 is 0 Å². The highest BCUT2D eigenvalue weighted by Gasteiger charge is 2.15. The van der Waals surface area contributed by atoms with Crippen LogP contribution >= 0.6 is 27.3 Å². The van der Waals surface area contributed by atoms with Gasteiger partial charge >= 0.3 is 5.69 Å². The Bertz CT molecular complexity index is 1330. The van der Waals surface area contributed by atoms with Crippen molar-refractivity contribution in [2.75, 3.05) is 6.61 Å². The van der Waals surface area contributed by atoms with Gasteiger partial charge in [-0.3, -0.25) is 4.57 Å². The van der Waals surface area contributed by atoms with E-state index in [0.29, 0.717) is 23.9 Å². The molecule has 0 aliphatic carbocycles. The lowest BCUT2D eigenvalue weighted by molar-refractivity contribution is 0.371. The first-order valence-corrected chi connectivity index (χ1v) is 11.4. The summed E-state index contributed by atoms with van der Waals surface area (Å²) >= 11 is 4.87. The van der Waals surface area contributed by atoms with Crippen LogP contribution in [0.1, 0.15) is 30.2 Å². The summed E-state index contributed by atoms with van der Waals surface area (Å²) in [5, 5.41) is 0.829. The average molecular weight is 494 g/mol. The monoisotopic (exact) mass is 493 g/mol. The summed E-state index contributed by atoms with van der Waals surface area (Å²) in [7, 11) is 0. The molecule has 0 unspecified atom stereocenters. The van der Waals surface area contributed by atoms with E-state index in [0.717, 1.165) is 25.3 Å². The zero-order valence-corrected chi connectivity index (χ0v) is 19.5. The maximum absolute atomic E-state index is 13.0. The van der Waals surface area contributed by atoms with Crippen LogP contribution in [0.5, 0.6) is 5.75 Å². The van der Waals surface area contributed by atoms with Crippen molar-refractivity contribution >= 4 is 38.2 Å². The number of fused-ring (bicyclic) bond motifs is 1. The molecule has 0 N–H and O–H groups in total. The highest BCUT2D eigenvalue weighted by molar-refractivity contribution is 9.11. The van der Waals surface area contributed by atoms with E-state index in [4.69, 9.17) is 11.2 Å². The van der Waals surface area contributed by atoms with E-state index in [1.807, 2.05) is 30.3 Å². The lowest BCUT2D eigenvalue weighted by atomic mass is 9.99. The Morgan fingerprint density at radius 3 is 2.65 bits per heavy atom. The van der Waals surface area contributed by atoms with E-state index in [1.54, 1.807) is 10.8 Å². The topological polar surface area (TPSA) is 57.0 Å². The predicted octanol–water partition coefficient (Wildman–Crippen LogP) is 5.47. The fourth-order valence-corrected chi connectivity index (χ4v) is 4.73. The summed E-state index contributed by atoms with van der Waals surface area (Å²) in [5.74, 6) is 3.54. The molecule has 0 spiro atoms. The van der Waals surface area contributed by atoms with Crippen molar-refractivity contribution in [1.82, 2.24) is 14.5 Å². The molecule has 156 valence electrons. The Kier molecular flexibility index (Phi) is 6.21. The number of rotatable bonds is 6. The third-order valence-electron chi connectivity index (χ3n) is 4.96. The number of hydrogen-bond acceptors (Lipinski definition) is 5. The largest absolute Gasteiger partial charge is 0.481 e. The molecule has 0 fully saturated rings. The number of hydrogen-bond donors (Lipinski definition) is 0. The van der Waals surface area contributed by atoms with Crippen LogP contribution in [-0.4, -0.2) is 21.1 Å². The van der Waals surface area contributed by atoms with Crippen molar-refractivity contribution in [3.8, 4) is 29.4 Å². The molecule has 0 bridgehead atoms. The first kappa shape index (κ1) is 21.3. The number of benzene rings is 2. The fraction of sp³-hybridized carbons (Fsp3) is 0.208. The summed E-state index contributed by atoms with van der Waals surface area (Å²) in [6, 6.07) is 13.8. The Balaban J connectivity index is 1.89. The first-order chi connectivity index (χ1) is 15.0. The van der Waals surface area contributed by atoms with Gasteiger partial charge in [-0.2, -0.15) is 4.98 Å². The van der Waals surface area contributed by atoms with Crippen molar-refractivity contribution in [1.29, 1.82) is 0 Å². The fourth-order valence-electron chi connectivity index (χ4n) is 3.39. The van der Waals surface area contributed by atoms with Crippen LogP contribution in [-0.2, 0) is 6.54 Å². The molecule has 4 rings (SSSR count). The normalized spacial score (nSPS) is 11.1. The number of nitrogens with zero attached hydrogens (tertiary/aromatic N) is 3. The zero-order chi connectivity index (χ0) is 22.0. The SMILES string of the molecule is C#CCOc1ccc2c(c1)c(-c1ccc(C(C)C)cc1)nc(=O)n2Cc1cnc(Br)s1. The number of ether oxygens (including phenoxy) is 1. The lowest BCUT2D eigenvalue weighted by Gasteiger charge is -2.14. The van der Waals surface area contributed by atoms with Crippen molar-refractivity contribution in [3.63, 3.8) is 0 Å². The second-order valence-corrected chi connectivity index (χ2v) is 9.75. The van der Waals surface area contributed by atoms with Crippen LogP contribution in [0.4, 0.5) is 0 Å². The quantitative estimate of drug-likeness (QED) is 0.334. The van der Waals surface area contributed by atoms with Gasteiger partial charge in [-0.05, 0) is 45.6 Å². The van der Waals surface area contributed by atoms with Gasteiger partial charge in [0.25, 0.3) is 0 Å². The van der Waals surface area contributed by atoms with Gasteiger partial charge in [0.2, 0.25) is 0 Å². The minimum absolute atomic E-state index is 0.173. The molecule has 2 aromatic heterocycles. The van der Waals surface area contributed by atoms with Gasteiger partial charge in [0.1, 0.15) is 12.4 Å². The molecule has 7 heteroatoms. The Morgan fingerprint density at radius 2 is 2.00 bits per heavy atom. The molecule has 31 heavy (non-hydrogen) atoms. The van der Waals surface area contributed by atoms with E-state index in [1.165, 1.54) is 16.9 Å². The molecule has 0 amide bonds. The van der Waals surface area contributed by atoms with Crippen LogP contribution < -0.4 is 10.4 Å². The zero-order valence-electron chi connectivity index (χ0n) is 17.1. The third kappa shape index (κ3) is 4.55. The van der Waals surface area contributed by atoms with Crippen molar-refractivity contribution in [3.05, 3.63) is 73.5 Å². The summed E-state index contributed by atoms with van der Waals surface area (Å²) in [5.41, 5.74) is 3.21. The number of aromatic nitrogens is 3. The average Bonchev–Trinajstić information content (AvgIpc) is 3.18. The van der Waals surface area contributed by atoms with Gasteiger partial charge in [0, 0.05) is 22.0 Å².